The molecule has 17 heavy (non-hydrogen) atoms. The van der Waals surface area contributed by atoms with Crippen molar-refractivity contribution in [3.8, 4) is 0 Å². The molecule has 4 heteroatoms. The summed E-state index contributed by atoms with van der Waals surface area (Å²) in [6.07, 6.45) is 0. The Kier molecular flexibility index (Phi) is 4.33. The standard InChI is InChI=1S/C13H19BrN2O/c1-8-5-6-9(7-10(8)14)13(2,3)11(16-4)12(15)17/h5-7,11,16H,1-4H3,(H2,15,17). The van der Waals surface area contributed by atoms with Crippen molar-refractivity contribution in [3.63, 3.8) is 0 Å². The summed E-state index contributed by atoms with van der Waals surface area (Å²) in [5.41, 5.74) is 7.32. The Morgan fingerprint density at radius 3 is 2.47 bits per heavy atom. The molecule has 3 nitrogen and oxygen atoms in total. The second-order valence-electron chi connectivity index (χ2n) is 4.81. The molecule has 0 radical (unpaired) electrons. The van der Waals surface area contributed by atoms with E-state index in [9.17, 15) is 4.79 Å². The zero-order valence-electron chi connectivity index (χ0n) is 10.7. The third kappa shape index (κ3) is 2.87. The summed E-state index contributed by atoms with van der Waals surface area (Å²) in [6.45, 7) is 6.05. The van der Waals surface area contributed by atoms with Crippen molar-refractivity contribution in [2.45, 2.75) is 32.2 Å². The van der Waals surface area contributed by atoms with Gasteiger partial charge in [0.05, 0.1) is 6.04 Å². The van der Waals surface area contributed by atoms with Crippen molar-refractivity contribution in [1.82, 2.24) is 5.32 Å². The maximum absolute atomic E-state index is 11.5. The first-order valence-corrected chi connectivity index (χ1v) is 6.33. The summed E-state index contributed by atoms with van der Waals surface area (Å²) in [5, 5.41) is 2.98. The van der Waals surface area contributed by atoms with Crippen molar-refractivity contribution in [3.05, 3.63) is 33.8 Å². The second kappa shape index (κ2) is 5.19. The molecule has 0 aliphatic carbocycles. The molecule has 1 aromatic carbocycles. The van der Waals surface area contributed by atoms with Crippen LogP contribution in [-0.4, -0.2) is 19.0 Å². The average Bonchev–Trinajstić information content (AvgIpc) is 2.21. The Labute approximate surface area is 111 Å². The fraction of sp³-hybridized carbons (Fsp3) is 0.462. The second-order valence-corrected chi connectivity index (χ2v) is 5.66. The predicted octanol–water partition coefficient (Wildman–Crippen LogP) is 2.11. The molecule has 1 amide bonds. The summed E-state index contributed by atoms with van der Waals surface area (Å²) in [6, 6.07) is 5.72. The van der Waals surface area contributed by atoms with Gasteiger partial charge in [0.1, 0.15) is 0 Å². The number of benzene rings is 1. The van der Waals surface area contributed by atoms with E-state index in [-0.39, 0.29) is 11.3 Å². The van der Waals surface area contributed by atoms with Gasteiger partial charge in [-0.15, -0.1) is 0 Å². The lowest BCUT2D eigenvalue weighted by Gasteiger charge is -2.32. The van der Waals surface area contributed by atoms with Crippen LogP contribution in [0.3, 0.4) is 0 Å². The van der Waals surface area contributed by atoms with Gasteiger partial charge in [-0.05, 0) is 31.2 Å². The molecule has 0 spiro atoms. The Hall–Kier alpha value is -0.870. The van der Waals surface area contributed by atoms with E-state index in [1.165, 1.54) is 5.56 Å². The minimum atomic E-state index is -0.392. The number of nitrogens with one attached hydrogen (secondary N) is 1. The summed E-state index contributed by atoms with van der Waals surface area (Å²) in [7, 11) is 1.75. The Morgan fingerprint density at radius 2 is 2.06 bits per heavy atom. The molecule has 1 aromatic rings. The van der Waals surface area contributed by atoms with E-state index < -0.39 is 6.04 Å². The van der Waals surface area contributed by atoms with E-state index in [1.807, 2.05) is 39.0 Å². The molecule has 1 unspecified atom stereocenters. The van der Waals surface area contributed by atoms with E-state index in [1.54, 1.807) is 7.05 Å². The quantitative estimate of drug-likeness (QED) is 0.894. The molecule has 0 aliphatic rings. The van der Waals surface area contributed by atoms with Gasteiger partial charge < -0.3 is 11.1 Å². The smallest absolute Gasteiger partial charge is 0.235 e. The number of aryl methyl sites for hydroxylation is 1. The highest BCUT2D eigenvalue weighted by Crippen LogP contribution is 2.30. The molecule has 0 fully saturated rings. The van der Waals surface area contributed by atoms with Gasteiger partial charge in [-0.3, -0.25) is 4.79 Å². The van der Waals surface area contributed by atoms with Gasteiger partial charge >= 0.3 is 0 Å². The highest BCUT2D eigenvalue weighted by Gasteiger charge is 2.34. The van der Waals surface area contributed by atoms with E-state index in [0.29, 0.717) is 0 Å². The number of halogens is 1. The van der Waals surface area contributed by atoms with Crippen molar-refractivity contribution in [2.75, 3.05) is 7.05 Å². The lowest BCUT2D eigenvalue weighted by atomic mass is 9.77. The van der Waals surface area contributed by atoms with Gasteiger partial charge in [-0.2, -0.15) is 0 Å². The summed E-state index contributed by atoms with van der Waals surface area (Å²) >= 11 is 3.51. The van der Waals surface area contributed by atoms with E-state index in [2.05, 4.69) is 21.2 Å². The topological polar surface area (TPSA) is 55.1 Å². The summed E-state index contributed by atoms with van der Waals surface area (Å²) in [5.74, 6) is -0.339. The van der Waals surface area contributed by atoms with Crippen molar-refractivity contribution in [1.29, 1.82) is 0 Å². The molecule has 0 bridgehead atoms. The van der Waals surface area contributed by atoms with Crippen molar-refractivity contribution < 1.29 is 4.79 Å². The van der Waals surface area contributed by atoms with Crippen LogP contribution in [0.25, 0.3) is 0 Å². The summed E-state index contributed by atoms with van der Waals surface area (Å²) < 4.78 is 1.04. The Balaban J connectivity index is 3.19. The molecule has 0 saturated heterocycles. The predicted molar refractivity (Wildman–Crippen MR) is 73.9 cm³/mol. The van der Waals surface area contributed by atoms with Gasteiger partial charge in [-0.25, -0.2) is 0 Å². The Bertz CT molecular complexity index is 429. The van der Waals surface area contributed by atoms with Gasteiger partial charge in [0.2, 0.25) is 5.91 Å². The zero-order chi connectivity index (χ0) is 13.2. The van der Waals surface area contributed by atoms with Crippen LogP contribution in [0.15, 0.2) is 22.7 Å². The number of primary amides is 1. The number of hydrogen-bond donors (Lipinski definition) is 2. The summed E-state index contributed by atoms with van der Waals surface area (Å²) in [4.78, 5) is 11.5. The van der Waals surface area contributed by atoms with E-state index in [4.69, 9.17) is 5.73 Å². The number of rotatable bonds is 4. The first kappa shape index (κ1) is 14.2. The van der Waals surface area contributed by atoms with Gasteiger partial charge in [0.15, 0.2) is 0 Å². The van der Waals surface area contributed by atoms with Crippen LogP contribution in [0.2, 0.25) is 0 Å². The first-order valence-electron chi connectivity index (χ1n) is 5.54. The van der Waals surface area contributed by atoms with Crippen LogP contribution in [0, 0.1) is 6.92 Å². The van der Waals surface area contributed by atoms with Gasteiger partial charge in [0, 0.05) is 9.89 Å². The molecule has 3 N–H and O–H groups in total. The minimum Gasteiger partial charge on any atom is -0.368 e. The maximum Gasteiger partial charge on any atom is 0.235 e. The number of hydrogen-bond acceptors (Lipinski definition) is 2. The monoisotopic (exact) mass is 298 g/mol. The number of amides is 1. The van der Waals surface area contributed by atoms with Gasteiger partial charge in [-0.1, -0.05) is 41.9 Å². The van der Waals surface area contributed by atoms with Crippen molar-refractivity contribution >= 4 is 21.8 Å². The van der Waals surface area contributed by atoms with Crippen LogP contribution in [0.1, 0.15) is 25.0 Å². The number of carbonyl (C=O) groups is 1. The number of carbonyl (C=O) groups excluding carboxylic acids is 1. The van der Waals surface area contributed by atoms with Crippen LogP contribution < -0.4 is 11.1 Å². The molecule has 0 heterocycles. The highest BCUT2D eigenvalue weighted by atomic mass is 79.9. The fourth-order valence-electron chi connectivity index (χ4n) is 2.02. The molecule has 0 aromatic heterocycles. The van der Waals surface area contributed by atoms with E-state index >= 15 is 0 Å². The fourth-order valence-corrected chi connectivity index (χ4v) is 2.40. The molecule has 94 valence electrons. The zero-order valence-corrected chi connectivity index (χ0v) is 12.3. The minimum absolute atomic E-state index is 0.339. The van der Waals surface area contributed by atoms with Gasteiger partial charge in [0.25, 0.3) is 0 Å². The molecular weight excluding hydrogens is 280 g/mol. The Morgan fingerprint density at radius 1 is 1.47 bits per heavy atom. The lowest BCUT2D eigenvalue weighted by Crippen LogP contribution is -2.51. The highest BCUT2D eigenvalue weighted by molar-refractivity contribution is 9.10. The SMILES string of the molecule is CNC(C(N)=O)C(C)(C)c1ccc(C)c(Br)c1. The normalized spacial score (nSPS) is 13.5. The number of nitrogens with two attached hydrogens (primary N) is 1. The molecule has 0 aliphatic heterocycles. The van der Waals surface area contributed by atoms with Crippen LogP contribution >= 0.6 is 15.9 Å². The third-order valence-electron chi connectivity index (χ3n) is 3.21. The lowest BCUT2D eigenvalue weighted by molar-refractivity contribution is -0.121. The largest absolute Gasteiger partial charge is 0.368 e. The molecule has 1 atom stereocenters. The molecular formula is C13H19BrN2O. The van der Waals surface area contributed by atoms with Crippen LogP contribution in [-0.2, 0) is 10.2 Å². The average molecular weight is 299 g/mol. The van der Waals surface area contributed by atoms with E-state index in [0.717, 1.165) is 10.0 Å². The molecule has 1 rings (SSSR count). The maximum atomic E-state index is 11.5. The third-order valence-corrected chi connectivity index (χ3v) is 4.07. The van der Waals surface area contributed by atoms with Crippen LogP contribution in [0.4, 0.5) is 0 Å². The molecule has 0 saturated carbocycles. The first-order chi connectivity index (χ1) is 7.80. The van der Waals surface area contributed by atoms with Crippen molar-refractivity contribution in [2.24, 2.45) is 5.73 Å². The number of likely N-dealkylation sites (N-methyl/N-ethyl adjacent to an activating group) is 1. The van der Waals surface area contributed by atoms with Crippen LogP contribution in [0.5, 0.6) is 0 Å².